The second-order valence-electron chi connectivity index (χ2n) is 6.43. The quantitative estimate of drug-likeness (QED) is 0.800. The van der Waals surface area contributed by atoms with Crippen LogP contribution in [0.1, 0.15) is 48.0 Å². The van der Waals surface area contributed by atoms with Gasteiger partial charge in [0, 0.05) is 30.7 Å². The minimum Gasteiger partial charge on any atom is -0.377 e. The van der Waals surface area contributed by atoms with Gasteiger partial charge in [-0.05, 0) is 41.0 Å². The van der Waals surface area contributed by atoms with Crippen molar-refractivity contribution >= 4 is 0 Å². The Hall–Kier alpha value is -0.120. The molecule has 1 unspecified atom stereocenters. The molecule has 1 atom stereocenters. The molecule has 1 aliphatic heterocycles. The molecule has 0 saturated carbocycles. The highest BCUT2D eigenvalue weighted by atomic mass is 16.5. The molecule has 1 aliphatic rings. The summed E-state index contributed by atoms with van der Waals surface area (Å²) < 4.78 is 5.69. The Labute approximate surface area is 107 Å². The third-order valence-corrected chi connectivity index (χ3v) is 3.87. The second-order valence-corrected chi connectivity index (χ2v) is 6.43. The molecule has 1 saturated heterocycles. The van der Waals surface area contributed by atoms with Gasteiger partial charge in [0.2, 0.25) is 0 Å². The minimum absolute atomic E-state index is 0.215. The van der Waals surface area contributed by atoms with Crippen molar-refractivity contribution < 1.29 is 4.74 Å². The number of nitrogens with one attached hydrogen (secondary N) is 1. The lowest BCUT2D eigenvalue weighted by atomic mass is 9.88. The van der Waals surface area contributed by atoms with E-state index in [-0.39, 0.29) is 11.1 Å². The van der Waals surface area contributed by atoms with Crippen molar-refractivity contribution in [3.05, 3.63) is 0 Å². The van der Waals surface area contributed by atoms with Crippen LogP contribution < -0.4 is 5.32 Å². The van der Waals surface area contributed by atoms with Gasteiger partial charge in [-0.15, -0.1) is 0 Å². The lowest BCUT2D eigenvalue weighted by Gasteiger charge is -2.51. The van der Waals surface area contributed by atoms with Gasteiger partial charge in [0.15, 0.2) is 0 Å². The number of hydrogen-bond acceptors (Lipinski definition) is 3. The maximum absolute atomic E-state index is 5.69. The first-order valence-electron chi connectivity index (χ1n) is 6.91. The number of hydrogen-bond donors (Lipinski definition) is 1. The Morgan fingerprint density at radius 1 is 1.29 bits per heavy atom. The fourth-order valence-corrected chi connectivity index (χ4v) is 2.36. The zero-order chi connectivity index (χ0) is 13.1. The summed E-state index contributed by atoms with van der Waals surface area (Å²) in [6, 6.07) is 0. The Kier molecular flexibility index (Phi) is 4.99. The molecule has 0 bridgehead atoms. The van der Waals surface area contributed by atoms with E-state index in [1.54, 1.807) is 0 Å². The lowest BCUT2D eigenvalue weighted by Crippen LogP contribution is -2.67. The number of rotatable bonds is 5. The van der Waals surface area contributed by atoms with Gasteiger partial charge < -0.3 is 10.1 Å². The van der Waals surface area contributed by atoms with Crippen molar-refractivity contribution in [2.24, 2.45) is 0 Å². The van der Waals surface area contributed by atoms with Gasteiger partial charge >= 0.3 is 0 Å². The first-order valence-corrected chi connectivity index (χ1v) is 6.91. The average Bonchev–Trinajstić information content (AvgIpc) is 2.23. The van der Waals surface area contributed by atoms with E-state index in [0.717, 1.165) is 26.2 Å². The van der Waals surface area contributed by atoms with Crippen molar-refractivity contribution in [2.45, 2.75) is 65.1 Å². The highest BCUT2D eigenvalue weighted by molar-refractivity contribution is 4.99. The fourth-order valence-electron chi connectivity index (χ4n) is 2.36. The number of piperazine rings is 1. The van der Waals surface area contributed by atoms with Crippen molar-refractivity contribution in [3.8, 4) is 0 Å². The third-order valence-electron chi connectivity index (χ3n) is 3.87. The van der Waals surface area contributed by atoms with Crippen LogP contribution in [0.3, 0.4) is 0 Å². The molecule has 102 valence electrons. The molecule has 1 fully saturated rings. The summed E-state index contributed by atoms with van der Waals surface area (Å²) in [4.78, 5) is 2.59. The topological polar surface area (TPSA) is 24.5 Å². The van der Waals surface area contributed by atoms with Crippen LogP contribution in [0.25, 0.3) is 0 Å². The fraction of sp³-hybridized carbons (Fsp3) is 1.00. The maximum atomic E-state index is 5.69. The number of ether oxygens (including phenoxy) is 1. The summed E-state index contributed by atoms with van der Waals surface area (Å²) in [5.41, 5.74) is 0.488. The van der Waals surface area contributed by atoms with Gasteiger partial charge in [0.1, 0.15) is 0 Å². The second kappa shape index (κ2) is 5.68. The molecule has 1 N–H and O–H groups in total. The first-order chi connectivity index (χ1) is 7.79. The molecule has 1 rings (SSSR count). The highest BCUT2D eigenvalue weighted by Crippen LogP contribution is 2.26. The van der Waals surface area contributed by atoms with E-state index < -0.39 is 0 Å². The van der Waals surface area contributed by atoms with Crippen LogP contribution in [0.15, 0.2) is 0 Å². The van der Waals surface area contributed by atoms with Crippen LogP contribution in [0.2, 0.25) is 0 Å². The van der Waals surface area contributed by atoms with Crippen LogP contribution >= 0.6 is 0 Å². The van der Waals surface area contributed by atoms with Crippen LogP contribution in [0.5, 0.6) is 0 Å². The van der Waals surface area contributed by atoms with Crippen LogP contribution in [0, 0.1) is 0 Å². The monoisotopic (exact) mass is 242 g/mol. The molecule has 0 aliphatic carbocycles. The van der Waals surface area contributed by atoms with E-state index in [4.69, 9.17) is 4.74 Å². The molecule has 3 heteroatoms. The smallest absolute Gasteiger partial charge is 0.0597 e. The molecule has 17 heavy (non-hydrogen) atoms. The standard InChI is InChI=1S/C14H30N2O/c1-7-14(6)10-15-13(4,5)11-16(14)8-9-17-12(2)3/h12,15H,7-11H2,1-6H3. The first kappa shape index (κ1) is 14.9. The van der Waals surface area contributed by atoms with E-state index in [1.165, 1.54) is 6.42 Å². The molecular formula is C14H30N2O. The summed E-state index contributed by atoms with van der Waals surface area (Å²) >= 11 is 0. The normalized spacial score (nSPS) is 29.8. The summed E-state index contributed by atoms with van der Waals surface area (Å²) in [6.45, 7) is 17.4. The van der Waals surface area contributed by atoms with Gasteiger partial charge in [-0.1, -0.05) is 6.92 Å². The van der Waals surface area contributed by atoms with Crippen molar-refractivity contribution in [3.63, 3.8) is 0 Å². The minimum atomic E-state index is 0.215. The Balaban J connectivity index is 2.56. The molecular weight excluding hydrogens is 212 g/mol. The van der Waals surface area contributed by atoms with Crippen molar-refractivity contribution in [1.82, 2.24) is 10.2 Å². The lowest BCUT2D eigenvalue weighted by molar-refractivity contribution is -0.0115. The van der Waals surface area contributed by atoms with Gasteiger partial charge in [0.25, 0.3) is 0 Å². The van der Waals surface area contributed by atoms with E-state index in [1.807, 2.05) is 0 Å². The van der Waals surface area contributed by atoms with E-state index in [9.17, 15) is 0 Å². The van der Waals surface area contributed by atoms with Gasteiger partial charge in [-0.25, -0.2) is 0 Å². The van der Waals surface area contributed by atoms with Crippen LogP contribution in [-0.4, -0.2) is 48.3 Å². The summed E-state index contributed by atoms with van der Waals surface area (Å²) in [5.74, 6) is 0. The van der Waals surface area contributed by atoms with Crippen molar-refractivity contribution in [2.75, 3.05) is 26.2 Å². The van der Waals surface area contributed by atoms with Gasteiger partial charge in [-0.2, -0.15) is 0 Å². The maximum Gasteiger partial charge on any atom is 0.0597 e. The summed E-state index contributed by atoms with van der Waals surface area (Å²) in [7, 11) is 0. The third kappa shape index (κ3) is 4.23. The summed E-state index contributed by atoms with van der Waals surface area (Å²) in [5, 5.41) is 3.65. The van der Waals surface area contributed by atoms with Gasteiger partial charge in [-0.3, -0.25) is 4.90 Å². The molecule has 0 radical (unpaired) electrons. The average molecular weight is 242 g/mol. The molecule has 0 spiro atoms. The van der Waals surface area contributed by atoms with Crippen LogP contribution in [-0.2, 0) is 4.74 Å². The predicted octanol–water partition coefficient (Wildman–Crippen LogP) is 2.26. The SMILES string of the molecule is CCC1(C)CNC(C)(C)CN1CCOC(C)C. The molecule has 0 amide bonds. The zero-order valence-electron chi connectivity index (χ0n) is 12.5. The van der Waals surface area contributed by atoms with E-state index in [0.29, 0.717) is 6.10 Å². The molecule has 3 nitrogen and oxygen atoms in total. The highest BCUT2D eigenvalue weighted by Gasteiger charge is 2.39. The van der Waals surface area contributed by atoms with Gasteiger partial charge in [0.05, 0.1) is 12.7 Å². The van der Waals surface area contributed by atoms with E-state index >= 15 is 0 Å². The predicted molar refractivity (Wildman–Crippen MR) is 73.4 cm³/mol. The Morgan fingerprint density at radius 2 is 1.94 bits per heavy atom. The number of nitrogens with zero attached hydrogens (tertiary/aromatic N) is 1. The Bertz CT molecular complexity index is 240. The zero-order valence-corrected chi connectivity index (χ0v) is 12.5. The Morgan fingerprint density at radius 3 is 2.47 bits per heavy atom. The van der Waals surface area contributed by atoms with Crippen molar-refractivity contribution in [1.29, 1.82) is 0 Å². The molecule has 0 aromatic heterocycles. The molecule has 0 aromatic carbocycles. The van der Waals surface area contributed by atoms with Crippen LogP contribution in [0.4, 0.5) is 0 Å². The summed E-state index contributed by atoms with van der Waals surface area (Å²) in [6.07, 6.45) is 1.51. The molecule has 0 aromatic rings. The largest absolute Gasteiger partial charge is 0.377 e. The van der Waals surface area contributed by atoms with E-state index in [2.05, 4.69) is 51.8 Å². The molecule has 1 heterocycles.